The maximum atomic E-state index is 9.95. The van der Waals surface area contributed by atoms with Gasteiger partial charge in [-0.3, -0.25) is 0 Å². The van der Waals surface area contributed by atoms with Crippen LogP contribution in [0.1, 0.15) is 58.3 Å². The van der Waals surface area contributed by atoms with Gasteiger partial charge in [0.1, 0.15) is 18.3 Å². The molecule has 0 aliphatic heterocycles. The van der Waals surface area contributed by atoms with Crippen LogP contribution >= 0.6 is 0 Å². The lowest BCUT2D eigenvalue weighted by molar-refractivity contribution is -0.0641. The summed E-state index contributed by atoms with van der Waals surface area (Å²) in [6, 6.07) is -0.412. The van der Waals surface area contributed by atoms with E-state index in [9.17, 15) is 15.3 Å². The van der Waals surface area contributed by atoms with Crippen LogP contribution in [0.5, 0.6) is 0 Å². The van der Waals surface area contributed by atoms with Crippen LogP contribution in [0.25, 0.3) is 0 Å². The lowest BCUT2D eigenvalue weighted by atomic mass is 9.88. The zero-order valence-corrected chi connectivity index (χ0v) is 13.7. The van der Waals surface area contributed by atoms with Crippen molar-refractivity contribution in [1.29, 1.82) is 0 Å². The van der Waals surface area contributed by atoms with Gasteiger partial charge in [0.25, 0.3) is 0 Å². The lowest BCUT2D eigenvalue weighted by Crippen LogP contribution is -2.54. The fourth-order valence-corrected chi connectivity index (χ4v) is 2.90. The van der Waals surface area contributed by atoms with Crippen molar-refractivity contribution in [2.24, 2.45) is 0 Å². The molecule has 1 aliphatic carbocycles. The third-order valence-corrected chi connectivity index (χ3v) is 4.41. The maximum absolute atomic E-state index is 9.95. The highest BCUT2D eigenvalue weighted by atomic mass is 16.4. The molecule has 0 radical (unpaired) electrons. The number of rotatable bonds is 11. The van der Waals surface area contributed by atoms with Crippen molar-refractivity contribution in [1.82, 2.24) is 5.32 Å². The minimum absolute atomic E-state index is 0.305. The molecule has 0 aromatic heterocycles. The minimum Gasteiger partial charge on any atom is -0.392 e. The van der Waals surface area contributed by atoms with Crippen molar-refractivity contribution in [3.63, 3.8) is 0 Å². The fourth-order valence-electron chi connectivity index (χ4n) is 2.90. The first-order valence-corrected chi connectivity index (χ1v) is 8.70. The second-order valence-electron chi connectivity index (χ2n) is 6.28. The molecule has 0 aromatic rings. The van der Waals surface area contributed by atoms with Crippen molar-refractivity contribution in [3.05, 3.63) is 11.6 Å². The summed E-state index contributed by atoms with van der Waals surface area (Å²) in [5.41, 5.74) is 0.367. The number of aliphatic hydroxyl groups excluding tert-OH is 4. The highest BCUT2D eigenvalue weighted by Crippen LogP contribution is 2.20. The normalized spacial score (nSPS) is 28.7. The van der Waals surface area contributed by atoms with Crippen LogP contribution in [0, 0.1) is 0 Å². The first-order chi connectivity index (χ1) is 10.6. The smallest absolute Gasteiger partial charge is 0.111 e. The molecule has 5 heteroatoms. The van der Waals surface area contributed by atoms with E-state index in [0.29, 0.717) is 5.57 Å². The second kappa shape index (κ2) is 11.1. The van der Waals surface area contributed by atoms with E-state index < -0.39 is 24.4 Å². The number of aliphatic hydroxyl groups is 4. The van der Waals surface area contributed by atoms with Gasteiger partial charge < -0.3 is 25.7 Å². The van der Waals surface area contributed by atoms with Crippen molar-refractivity contribution in [2.75, 3.05) is 13.2 Å². The molecule has 0 bridgehead atoms. The molecule has 1 aliphatic rings. The zero-order chi connectivity index (χ0) is 16.4. The van der Waals surface area contributed by atoms with E-state index in [0.717, 1.165) is 19.4 Å². The van der Waals surface area contributed by atoms with Crippen LogP contribution in [0.2, 0.25) is 0 Å². The Morgan fingerprint density at radius 3 is 2.09 bits per heavy atom. The average Bonchev–Trinajstić information content (AvgIpc) is 2.53. The minimum atomic E-state index is -1.25. The molecule has 5 N–H and O–H groups in total. The van der Waals surface area contributed by atoms with Crippen molar-refractivity contribution < 1.29 is 20.4 Å². The molecular formula is C17H33NO4. The van der Waals surface area contributed by atoms with Crippen molar-refractivity contribution >= 4 is 0 Å². The molecule has 1 rings (SSSR count). The highest BCUT2D eigenvalue weighted by Gasteiger charge is 2.36. The Balaban J connectivity index is 2.17. The largest absolute Gasteiger partial charge is 0.392 e. The molecule has 22 heavy (non-hydrogen) atoms. The summed E-state index contributed by atoms with van der Waals surface area (Å²) in [7, 11) is 0. The van der Waals surface area contributed by atoms with Gasteiger partial charge in [0.15, 0.2) is 0 Å². The van der Waals surface area contributed by atoms with E-state index in [4.69, 9.17) is 5.11 Å². The number of hydrogen-bond acceptors (Lipinski definition) is 5. The molecule has 0 heterocycles. The van der Waals surface area contributed by atoms with Crippen LogP contribution < -0.4 is 5.32 Å². The number of hydrogen-bond donors (Lipinski definition) is 5. The second-order valence-corrected chi connectivity index (χ2v) is 6.28. The first-order valence-electron chi connectivity index (χ1n) is 8.70. The quantitative estimate of drug-likeness (QED) is 0.291. The van der Waals surface area contributed by atoms with Gasteiger partial charge >= 0.3 is 0 Å². The Kier molecular flexibility index (Phi) is 9.91. The topological polar surface area (TPSA) is 93.0 Å². The Hall–Kier alpha value is -0.460. The molecular weight excluding hydrogens is 282 g/mol. The Morgan fingerprint density at radius 2 is 1.50 bits per heavy atom. The molecule has 130 valence electrons. The third-order valence-electron chi connectivity index (χ3n) is 4.41. The molecule has 0 spiro atoms. The van der Waals surface area contributed by atoms with Crippen LogP contribution in [-0.2, 0) is 0 Å². The molecule has 0 aromatic carbocycles. The molecule has 0 saturated carbocycles. The van der Waals surface area contributed by atoms with Crippen LogP contribution in [-0.4, -0.2) is 57.9 Å². The summed E-state index contributed by atoms with van der Waals surface area (Å²) in [5, 5.41) is 41.8. The van der Waals surface area contributed by atoms with E-state index in [1.165, 1.54) is 38.5 Å². The van der Waals surface area contributed by atoms with Crippen LogP contribution in [0.3, 0.4) is 0 Å². The van der Waals surface area contributed by atoms with Gasteiger partial charge in [0, 0.05) is 0 Å². The SMILES string of the molecule is CCCCCCCCCCN[C@@H]1C=C(CO)[C@@H](O)[C@H](O)[C@H]1O. The van der Waals surface area contributed by atoms with E-state index in [2.05, 4.69) is 12.2 Å². The molecule has 0 amide bonds. The van der Waals surface area contributed by atoms with E-state index >= 15 is 0 Å². The maximum Gasteiger partial charge on any atom is 0.111 e. The van der Waals surface area contributed by atoms with Gasteiger partial charge in [0.05, 0.1) is 12.6 Å². The van der Waals surface area contributed by atoms with Gasteiger partial charge in [-0.2, -0.15) is 0 Å². The summed E-state index contributed by atoms with van der Waals surface area (Å²) in [4.78, 5) is 0. The Labute approximate surface area is 134 Å². The van der Waals surface area contributed by atoms with E-state index in [1.54, 1.807) is 6.08 Å². The monoisotopic (exact) mass is 315 g/mol. The van der Waals surface area contributed by atoms with Gasteiger partial charge in [0.2, 0.25) is 0 Å². The molecule has 0 unspecified atom stereocenters. The van der Waals surface area contributed by atoms with Gasteiger partial charge in [-0.1, -0.05) is 57.9 Å². The average molecular weight is 315 g/mol. The lowest BCUT2D eigenvalue weighted by Gasteiger charge is -2.34. The van der Waals surface area contributed by atoms with Gasteiger partial charge in [-0.25, -0.2) is 0 Å². The van der Waals surface area contributed by atoms with E-state index in [1.807, 2.05) is 0 Å². The number of nitrogens with one attached hydrogen (secondary N) is 1. The fraction of sp³-hybridized carbons (Fsp3) is 0.882. The van der Waals surface area contributed by atoms with Crippen molar-refractivity contribution in [2.45, 2.75) is 82.6 Å². The summed E-state index contributed by atoms with van der Waals surface area (Å²) >= 11 is 0. The van der Waals surface area contributed by atoms with Crippen LogP contribution in [0.15, 0.2) is 11.6 Å². The molecule has 0 fully saturated rings. The Morgan fingerprint density at radius 1 is 0.909 bits per heavy atom. The molecule has 0 saturated heterocycles. The van der Waals surface area contributed by atoms with Crippen molar-refractivity contribution in [3.8, 4) is 0 Å². The predicted octanol–water partition coefficient (Wildman–Crippen LogP) is 1.10. The predicted molar refractivity (Wildman–Crippen MR) is 87.6 cm³/mol. The Bertz CT molecular complexity index is 322. The first kappa shape index (κ1) is 19.6. The summed E-state index contributed by atoms with van der Waals surface area (Å²) < 4.78 is 0. The van der Waals surface area contributed by atoms with Gasteiger partial charge in [-0.15, -0.1) is 0 Å². The summed E-state index contributed by atoms with van der Waals surface area (Å²) in [5.74, 6) is 0. The standard InChI is InChI=1S/C17H33NO4/c1-2-3-4-5-6-7-8-9-10-18-14-11-13(12-19)15(20)17(22)16(14)21/h11,14-22H,2-10,12H2,1H3/t14-,15-,16+,17+/m1/s1. The van der Waals surface area contributed by atoms with E-state index in [-0.39, 0.29) is 6.61 Å². The number of unbranched alkanes of at least 4 members (excludes halogenated alkanes) is 7. The summed E-state index contributed by atoms with van der Waals surface area (Å²) in [6.45, 7) is 2.67. The molecule has 4 atom stereocenters. The zero-order valence-electron chi connectivity index (χ0n) is 13.7. The van der Waals surface area contributed by atoms with Gasteiger partial charge in [-0.05, 0) is 18.5 Å². The third kappa shape index (κ3) is 6.34. The molecule has 5 nitrogen and oxygen atoms in total. The van der Waals surface area contributed by atoms with Crippen LogP contribution in [0.4, 0.5) is 0 Å². The summed E-state index contributed by atoms with van der Waals surface area (Å²) in [6.07, 6.45) is 8.11. The highest BCUT2D eigenvalue weighted by molar-refractivity contribution is 5.21.